The van der Waals surface area contributed by atoms with Crippen LogP contribution in [0.1, 0.15) is 27.0 Å². The average molecular weight is 552 g/mol. The van der Waals surface area contributed by atoms with Crippen molar-refractivity contribution in [3.05, 3.63) is 95.8 Å². The predicted molar refractivity (Wildman–Crippen MR) is 159 cm³/mol. The first-order valence-electron chi connectivity index (χ1n) is 12.3. The largest absolute Gasteiger partial charge is 0.465 e. The zero-order valence-electron chi connectivity index (χ0n) is 22.1. The van der Waals surface area contributed by atoms with E-state index in [0.29, 0.717) is 44.8 Å². The molecule has 0 aliphatic carbocycles. The fourth-order valence-electron chi connectivity index (χ4n) is 4.12. The average Bonchev–Trinajstić information content (AvgIpc) is 3.67. The number of carbonyl (C=O) groups is 1. The third kappa shape index (κ3) is 5.55. The van der Waals surface area contributed by atoms with E-state index in [1.165, 1.54) is 19.8 Å². The summed E-state index contributed by atoms with van der Waals surface area (Å²) in [4.78, 5) is 34.3. The molecule has 0 spiro atoms. The third-order valence-electron chi connectivity index (χ3n) is 6.05. The number of nitrogens with one attached hydrogen (secondary N) is 4. The molecule has 4 heterocycles. The van der Waals surface area contributed by atoms with Crippen molar-refractivity contribution >= 4 is 51.0 Å². The molecule has 11 nitrogen and oxygen atoms in total. The van der Waals surface area contributed by atoms with Crippen LogP contribution in [-0.4, -0.2) is 43.0 Å². The number of fused-ring (bicyclic) bond motifs is 2. The minimum atomic E-state index is -0.457. The summed E-state index contributed by atoms with van der Waals surface area (Å²) in [6, 6.07) is 16.9. The van der Waals surface area contributed by atoms with Gasteiger partial charge in [0.2, 0.25) is 0 Å². The van der Waals surface area contributed by atoms with Crippen LogP contribution in [0.4, 0.5) is 23.0 Å². The van der Waals surface area contributed by atoms with Crippen LogP contribution in [0.15, 0.2) is 73.6 Å². The summed E-state index contributed by atoms with van der Waals surface area (Å²) >= 11 is 0. The Hall–Kier alpha value is -6.64. The van der Waals surface area contributed by atoms with Gasteiger partial charge in [0, 0.05) is 34.9 Å². The molecule has 4 aromatic heterocycles. The number of benzene rings is 2. The van der Waals surface area contributed by atoms with E-state index in [1.54, 1.807) is 12.4 Å². The van der Waals surface area contributed by atoms with E-state index in [0.717, 1.165) is 22.5 Å². The summed E-state index contributed by atoms with van der Waals surface area (Å²) in [5.41, 5.74) is 5.13. The van der Waals surface area contributed by atoms with Gasteiger partial charge < -0.3 is 25.3 Å². The zero-order chi connectivity index (χ0) is 29.5. The normalized spacial score (nSPS) is 10.0. The molecule has 0 amide bonds. The van der Waals surface area contributed by atoms with Crippen molar-refractivity contribution in [1.29, 1.82) is 5.26 Å². The second kappa shape index (κ2) is 12.0. The van der Waals surface area contributed by atoms with Gasteiger partial charge in [0.05, 0.1) is 29.0 Å². The Morgan fingerprint density at radius 3 is 1.93 bits per heavy atom. The van der Waals surface area contributed by atoms with Gasteiger partial charge >= 0.3 is 5.97 Å². The van der Waals surface area contributed by atoms with Gasteiger partial charge in [-0.15, -0.1) is 12.8 Å². The van der Waals surface area contributed by atoms with Gasteiger partial charge in [0.25, 0.3) is 0 Å². The van der Waals surface area contributed by atoms with Crippen LogP contribution >= 0.6 is 0 Å². The maximum Gasteiger partial charge on any atom is 0.340 e. The predicted octanol–water partition coefficient (Wildman–Crippen LogP) is 5.02. The van der Waals surface area contributed by atoms with Gasteiger partial charge in [-0.2, -0.15) is 5.26 Å². The monoisotopic (exact) mass is 551 g/mol. The van der Waals surface area contributed by atoms with Crippen LogP contribution in [0.5, 0.6) is 0 Å². The number of carbonyl (C=O) groups excluding carboxylic acids is 1. The van der Waals surface area contributed by atoms with Crippen molar-refractivity contribution in [2.24, 2.45) is 0 Å². The number of methoxy groups -OCH3 is 1. The van der Waals surface area contributed by atoms with Crippen molar-refractivity contribution in [3.63, 3.8) is 0 Å². The molecule has 202 valence electrons. The second-order valence-electron chi connectivity index (χ2n) is 8.60. The van der Waals surface area contributed by atoms with Crippen LogP contribution in [0.2, 0.25) is 0 Å². The first-order chi connectivity index (χ1) is 20.5. The zero-order valence-corrected chi connectivity index (χ0v) is 22.1. The van der Waals surface area contributed by atoms with E-state index in [2.05, 4.69) is 58.4 Å². The number of aromatic nitrogens is 6. The molecule has 42 heavy (non-hydrogen) atoms. The number of terminal acetylenes is 2. The number of hydrogen-bond donors (Lipinski definition) is 4. The fraction of sp³-hybridized carbons (Fsp3) is 0.0323. The van der Waals surface area contributed by atoms with Gasteiger partial charge in [-0.05, 0) is 36.4 Å². The van der Waals surface area contributed by atoms with Crippen LogP contribution in [0.25, 0.3) is 22.1 Å². The lowest BCUT2D eigenvalue weighted by atomic mass is 10.2. The highest BCUT2D eigenvalue weighted by Gasteiger charge is 2.17. The Balaban J connectivity index is 0.000000169. The molecule has 2 aromatic carbocycles. The van der Waals surface area contributed by atoms with Gasteiger partial charge in [0.1, 0.15) is 41.7 Å². The number of H-pyrrole nitrogens is 2. The number of nitrogens with zero attached hydrogens (tertiary/aromatic N) is 5. The molecule has 6 rings (SSSR count). The number of aromatic amines is 2. The first-order valence-corrected chi connectivity index (χ1v) is 12.3. The van der Waals surface area contributed by atoms with Gasteiger partial charge in [0.15, 0.2) is 0 Å². The number of hydrogen-bond acceptors (Lipinski definition) is 9. The van der Waals surface area contributed by atoms with E-state index < -0.39 is 5.97 Å². The van der Waals surface area contributed by atoms with E-state index in [4.69, 9.17) is 22.8 Å². The molecular formula is C31H21N9O2. The molecular weight excluding hydrogens is 530 g/mol. The minimum absolute atomic E-state index is 0.369. The summed E-state index contributed by atoms with van der Waals surface area (Å²) in [6.45, 7) is 0. The molecule has 6 aromatic rings. The quantitative estimate of drug-likeness (QED) is 0.170. The Morgan fingerprint density at radius 1 is 0.833 bits per heavy atom. The number of anilines is 4. The Labute approximate surface area is 240 Å². The lowest BCUT2D eigenvalue weighted by Crippen LogP contribution is -2.02. The topological polar surface area (TPSA) is 157 Å². The van der Waals surface area contributed by atoms with E-state index in [-0.39, 0.29) is 0 Å². The van der Waals surface area contributed by atoms with Gasteiger partial charge in [-0.25, -0.2) is 24.7 Å². The summed E-state index contributed by atoms with van der Waals surface area (Å²) in [5, 5.41) is 16.7. The highest BCUT2D eigenvalue weighted by molar-refractivity contribution is 6.07. The lowest BCUT2D eigenvalue weighted by molar-refractivity contribution is 0.0603. The Bertz CT molecular complexity index is 2060. The number of esters is 1. The van der Waals surface area contributed by atoms with Crippen molar-refractivity contribution in [2.75, 3.05) is 17.7 Å². The number of nitriles is 1. The standard InChI is InChI=1S/C16H12N4O2.C15H9N5/c1-3-10-5-4-6-11(7-10)20-15-13-12(16(21)22-2)8-17-14(13)18-9-19-15;1-2-10-4-3-5-12(6-10)20-15-13-11(7-16)8-17-14(13)18-9-19-15/h1,4-9H,2H3,(H2,17,18,19,20);1,3-6,8-9H,(H2,17,18,19,20). The molecule has 4 N–H and O–H groups in total. The second-order valence-corrected chi connectivity index (χ2v) is 8.60. The van der Waals surface area contributed by atoms with Crippen LogP contribution < -0.4 is 10.6 Å². The highest BCUT2D eigenvalue weighted by Crippen LogP contribution is 2.27. The molecule has 0 saturated heterocycles. The van der Waals surface area contributed by atoms with Gasteiger partial charge in [-0.1, -0.05) is 24.0 Å². The molecule has 0 aliphatic heterocycles. The minimum Gasteiger partial charge on any atom is -0.465 e. The molecule has 0 saturated carbocycles. The van der Waals surface area contributed by atoms with E-state index >= 15 is 0 Å². The summed E-state index contributed by atoms with van der Waals surface area (Å²) in [6.07, 6.45) is 16.8. The fourth-order valence-corrected chi connectivity index (χ4v) is 4.12. The van der Waals surface area contributed by atoms with E-state index in [9.17, 15) is 4.79 Å². The summed E-state index contributed by atoms with van der Waals surface area (Å²) in [5.74, 6) is 5.76. The molecule has 0 unspecified atom stereocenters. The third-order valence-corrected chi connectivity index (χ3v) is 6.05. The van der Waals surface area contributed by atoms with Crippen molar-refractivity contribution in [3.8, 4) is 30.8 Å². The SMILES string of the molecule is C#Cc1cccc(Nc2ncnc3[nH]cc(C#N)c23)c1.C#Cc1cccc(Nc2ncnc3[nH]cc(C(=O)OC)c23)c1. The summed E-state index contributed by atoms with van der Waals surface area (Å²) in [7, 11) is 1.33. The number of rotatable bonds is 5. The highest BCUT2D eigenvalue weighted by atomic mass is 16.5. The number of ether oxygens (including phenoxy) is 1. The molecule has 0 bridgehead atoms. The van der Waals surface area contributed by atoms with Crippen molar-refractivity contribution < 1.29 is 9.53 Å². The first kappa shape index (κ1) is 26.9. The lowest BCUT2D eigenvalue weighted by Gasteiger charge is -2.08. The maximum absolute atomic E-state index is 11.8. The Morgan fingerprint density at radius 2 is 1.38 bits per heavy atom. The van der Waals surface area contributed by atoms with Gasteiger partial charge in [-0.3, -0.25) is 0 Å². The molecule has 0 radical (unpaired) electrons. The molecule has 0 aliphatic rings. The van der Waals surface area contributed by atoms with Crippen molar-refractivity contribution in [2.45, 2.75) is 0 Å². The van der Waals surface area contributed by atoms with Crippen LogP contribution in [0.3, 0.4) is 0 Å². The molecule has 11 heteroatoms. The van der Waals surface area contributed by atoms with Crippen molar-refractivity contribution in [1.82, 2.24) is 29.9 Å². The Kier molecular flexibility index (Phi) is 7.72. The van der Waals surface area contributed by atoms with E-state index in [1.807, 2.05) is 48.5 Å². The summed E-state index contributed by atoms with van der Waals surface area (Å²) < 4.78 is 4.78. The maximum atomic E-state index is 11.8. The van der Waals surface area contributed by atoms with Crippen LogP contribution in [-0.2, 0) is 4.74 Å². The molecule has 0 atom stereocenters. The smallest absolute Gasteiger partial charge is 0.340 e. The molecule has 0 fully saturated rings. The van der Waals surface area contributed by atoms with Crippen LogP contribution in [0, 0.1) is 36.0 Å².